The average Bonchev–Trinajstić information content (AvgIpc) is 3.03. The molecule has 166 valence electrons. The molecular formula is C21H31Cl2N5O2. The lowest BCUT2D eigenvalue weighted by Gasteiger charge is -2.44. The van der Waals surface area contributed by atoms with Gasteiger partial charge in [0.25, 0.3) is 11.9 Å². The summed E-state index contributed by atoms with van der Waals surface area (Å²) in [5.41, 5.74) is 1.99. The molecule has 2 aromatic rings. The summed E-state index contributed by atoms with van der Waals surface area (Å²) >= 11 is 0. The Balaban J connectivity index is 0.00000128. The van der Waals surface area contributed by atoms with Crippen molar-refractivity contribution in [2.75, 3.05) is 57.8 Å². The Kier molecular flexibility index (Phi) is 7.50. The number of amides is 1. The minimum atomic E-state index is -0.0280. The van der Waals surface area contributed by atoms with Crippen LogP contribution in [0.1, 0.15) is 29.6 Å². The summed E-state index contributed by atoms with van der Waals surface area (Å²) in [5.74, 6) is 0.579. The van der Waals surface area contributed by atoms with E-state index in [4.69, 9.17) is 9.40 Å². The molecule has 7 nitrogen and oxygen atoms in total. The zero-order valence-corrected chi connectivity index (χ0v) is 19.0. The number of hydrogen-bond donors (Lipinski definition) is 1. The van der Waals surface area contributed by atoms with Crippen LogP contribution in [-0.4, -0.2) is 79.6 Å². The third kappa shape index (κ3) is 4.54. The smallest absolute Gasteiger partial charge is 0.298 e. The number of rotatable bonds is 3. The van der Waals surface area contributed by atoms with Gasteiger partial charge in [-0.15, -0.1) is 24.8 Å². The van der Waals surface area contributed by atoms with E-state index in [2.05, 4.69) is 27.1 Å². The van der Waals surface area contributed by atoms with Gasteiger partial charge in [0.1, 0.15) is 5.52 Å². The fraction of sp³-hybridized carbons (Fsp3) is 0.619. The zero-order valence-electron chi connectivity index (χ0n) is 17.4. The number of hydrogen-bond acceptors (Lipinski definition) is 6. The van der Waals surface area contributed by atoms with Crippen molar-refractivity contribution in [3.8, 4) is 0 Å². The highest BCUT2D eigenvalue weighted by molar-refractivity contribution is 6.04. The molecule has 1 amide bonds. The standard InChI is InChI=1S/C21H29N5O2.2ClH/c1-24-8-3-9-26(13-12-24)21-23-19-16(4-2-5-18(19)28-21)20(27)22-17-14-25-10-6-15(17)7-11-25;;/h2,4-5,15,17H,3,6-14H2,1H3,(H,22,27);2*1H. The second-order valence-electron chi connectivity index (χ2n) is 8.51. The lowest BCUT2D eigenvalue weighted by atomic mass is 9.84. The van der Waals surface area contributed by atoms with Crippen LogP contribution in [0.4, 0.5) is 6.01 Å². The number of piperidine rings is 3. The topological polar surface area (TPSA) is 64.8 Å². The van der Waals surface area contributed by atoms with E-state index in [9.17, 15) is 4.79 Å². The Morgan fingerprint density at radius 2 is 1.90 bits per heavy atom. The van der Waals surface area contributed by atoms with Crippen LogP contribution in [0.15, 0.2) is 22.6 Å². The van der Waals surface area contributed by atoms with Gasteiger partial charge in [-0.1, -0.05) is 6.07 Å². The number of carbonyl (C=O) groups excluding carboxylic acids is 1. The molecule has 4 aliphatic rings. The van der Waals surface area contributed by atoms with Gasteiger partial charge in [0.05, 0.1) is 5.56 Å². The summed E-state index contributed by atoms with van der Waals surface area (Å²) in [6.45, 7) is 7.21. The van der Waals surface area contributed by atoms with Gasteiger partial charge in [0.15, 0.2) is 5.58 Å². The number of oxazole rings is 1. The molecule has 4 aliphatic heterocycles. The van der Waals surface area contributed by atoms with Gasteiger partial charge in [0.2, 0.25) is 0 Å². The average molecular weight is 456 g/mol. The number of para-hydroxylation sites is 1. The van der Waals surface area contributed by atoms with Crippen molar-refractivity contribution in [2.45, 2.75) is 25.3 Å². The molecule has 1 aromatic heterocycles. The Morgan fingerprint density at radius 1 is 1.10 bits per heavy atom. The third-order valence-electron chi connectivity index (χ3n) is 6.62. The number of fused-ring (bicyclic) bond motifs is 4. The van der Waals surface area contributed by atoms with Crippen LogP contribution >= 0.6 is 24.8 Å². The Bertz CT molecular complexity index is 868. The largest absolute Gasteiger partial charge is 0.423 e. The number of nitrogens with zero attached hydrogens (tertiary/aromatic N) is 4. The molecule has 0 spiro atoms. The number of benzene rings is 1. The first-order chi connectivity index (χ1) is 13.7. The Morgan fingerprint density at radius 3 is 2.63 bits per heavy atom. The van der Waals surface area contributed by atoms with Gasteiger partial charge in [-0.3, -0.25) is 4.79 Å². The zero-order chi connectivity index (χ0) is 19.1. The third-order valence-corrected chi connectivity index (χ3v) is 6.62. The first-order valence-corrected chi connectivity index (χ1v) is 10.5. The van der Waals surface area contributed by atoms with Crippen LogP contribution in [0.2, 0.25) is 0 Å². The first kappa shape index (κ1) is 23.1. The SMILES string of the molecule is CN1CCCN(c2nc3c(C(=O)NC4CN5CCC4CC5)cccc3o2)CC1.Cl.Cl. The van der Waals surface area contributed by atoms with Gasteiger partial charge in [-0.05, 0) is 64.0 Å². The lowest BCUT2D eigenvalue weighted by Crippen LogP contribution is -2.57. The molecule has 2 bridgehead atoms. The number of carbonyl (C=O) groups is 1. The second-order valence-corrected chi connectivity index (χ2v) is 8.51. The highest BCUT2D eigenvalue weighted by atomic mass is 35.5. The van der Waals surface area contributed by atoms with Gasteiger partial charge in [0, 0.05) is 32.2 Å². The van der Waals surface area contributed by atoms with Crippen molar-refractivity contribution in [1.29, 1.82) is 0 Å². The van der Waals surface area contributed by atoms with E-state index in [0.29, 0.717) is 28.6 Å². The molecule has 0 saturated carbocycles. The van der Waals surface area contributed by atoms with E-state index < -0.39 is 0 Å². The maximum Gasteiger partial charge on any atom is 0.298 e. The molecule has 1 aromatic carbocycles. The molecule has 1 N–H and O–H groups in total. The van der Waals surface area contributed by atoms with Gasteiger partial charge >= 0.3 is 0 Å². The molecule has 5 heterocycles. The van der Waals surface area contributed by atoms with E-state index in [1.54, 1.807) is 0 Å². The minimum absolute atomic E-state index is 0. The summed E-state index contributed by atoms with van der Waals surface area (Å²) in [6, 6.07) is 6.53. The minimum Gasteiger partial charge on any atom is -0.423 e. The first-order valence-electron chi connectivity index (χ1n) is 10.5. The summed E-state index contributed by atoms with van der Waals surface area (Å²) in [4.78, 5) is 24.8. The summed E-state index contributed by atoms with van der Waals surface area (Å²) in [7, 11) is 2.15. The van der Waals surface area contributed by atoms with Crippen LogP contribution in [-0.2, 0) is 0 Å². The van der Waals surface area contributed by atoms with E-state index >= 15 is 0 Å². The van der Waals surface area contributed by atoms with Crippen LogP contribution < -0.4 is 10.2 Å². The van der Waals surface area contributed by atoms with Gasteiger partial charge in [-0.25, -0.2) is 0 Å². The monoisotopic (exact) mass is 455 g/mol. The van der Waals surface area contributed by atoms with Crippen molar-refractivity contribution in [3.05, 3.63) is 23.8 Å². The van der Waals surface area contributed by atoms with Crippen molar-refractivity contribution >= 4 is 47.8 Å². The van der Waals surface area contributed by atoms with Crippen LogP contribution in [0.5, 0.6) is 0 Å². The fourth-order valence-corrected chi connectivity index (χ4v) is 4.87. The molecule has 6 rings (SSSR count). The van der Waals surface area contributed by atoms with E-state index in [1.165, 1.54) is 25.9 Å². The van der Waals surface area contributed by atoms with Crippen LogP contribution in [0.3, 0.4) is 0 Å². The van der Waals surface area contributed by atoms with Crippen molar-refractivity contribution in [2.24, 2.45) is 5.92 Å². The number of halogens is 2. The lowest BCUT2D eigenvalue weighted by molar-refractivity contribution is 0.0621. The highest BCUT2D eigenvalue weighted by Gasteiger charge is 2.35. The molecule has 0 radical (unpaired) electrons. The van der Waals surface area contributed by atoms with Crippen LogP contribution in [0, 0.1) is 5.92 Å². The molecular weight excluding hydrogens is 425 g/mol. The Labute approximate surface area is 190 Å². The molecule has 4 saturated heterocycles. The number of likely N-dealkylation sites (N-methyl/N-ethyl adjacent to an activating group) is 1. The van der Waals surface area contributed by atoms with Crippen molar-refractivity contribution in [3.63, 3.8) is 0 Å². The molecule has 9 heteroatoms. The fourth-order valence-electron chi connectivity index (χ4n) is 4.87. The van der Waals surface area contributed by atoms with Gasteiger partial charge in [-0.2, -0.15) is 4.98 Å². The van der Waals surface area contributed by atoms with Crippen molar-refractivity contribution in [1.82, 2.24) is 20.1 Å². The van der Waals surface area contributed by atoms with E-state index in [1.807, 2.05) is 18.2 Å². The normalized spacial score (nSPS) is 26.6. The molecule has 30 heavy (non-hydrogen) atoms. The number of aromatic nitrogens is 1. The van der Waals surface area contributed by atoms with Gasteiger partial charge < -0.3 is 24.4 Å². The number of anilines is 1. The quantitative estimate of drug-likeness (QED) is 0.767. The maximum atomic E-state index is 13.1. The maximum absolute atomic E-state index is 13.1. The molecule has 4 fully saturated rings. The molecule has 0 aliphatic carbocycles. The summed E-state index contributed by atoms with van der Waals surface area (Å²) < 4.78 is 6.04. The molecule has 1 unspecified atom stereocenters. The predicted molar refractivity (Wildman–Crippen MR) is 123 cm³/mol. The number of nitrogens with one attached hydrogen (secondary N) is 1. The summed E-state index contributed by atoms with van der Waals surface area (Å²) in [6.07, 6.45) is 3.46. The molecule has 1 atom stereocenters. The summed E-state index contributed by atoms with van der Waals surface area (Å²) in [5, 5.41) is 3.28. The predicted octanol–water partition coefficient (Wildman–Crippen LogP) is 2.64. The Hall–Kier alpha value is -1.54. The van der Waals surface area contributed by atoms with E-state index in [0.717, 1.165) is 39.1 Å². The van der Waals surface area contributed by atoms with Crippen LogP contribution in [0.25, 0.3) is 11.1 Å². The van der Waals surface area contributed by atoms with E-state index in [-0.39, 0.29) is 36.8 Å². The highest BCUT2D eigenvalue weighted by Crippen LogP contribution is 2.29. The second kappa shape index (κ2) is 9.73. The van der Waals surface area contributed by atoms with Crippen molar-refractivity contribution < 1.29 is 9.21 Å².